The van der Waals surface area contributed by atoms with E-state index >= 15 is 0 Å². The number of rotatable bonds is 4. The number of aliphatic hydroxyl groups is 1. The summed E-state index contributed by atoms with van der Waals surface area (Å²) in [7, 11) is 1.69. The van der Waals surface area contributed by atoms with Crippen molar-refractivity contribution >= 4 is 0 Å². The average Bonchev–Trinajstić information content (AvgIpc) is 2.87. The van der Waals surface area contributed by atoms with E-state index in [0.29, 0.717) is 0 Å². The van der Waals surface area contributed by atoms with Crippen molar-refractivity contribution in [3.8, 4) is 5.75 Å². The molecule has 0 aromatic heterocycles. The molecule has 2 aliphatic rings. The molecule has 3 rings (SSSR count). The molecule has 21 heavy (non-hydrogen) atoms. The lowest BCUT2D eigenvalue weighted by molar-refractivity contribution is -0.0248. The third-order valence-corrected chi connectivity index (χ3v) is 5.15. The Labute approximate surface area is 127 Å². The second-order valence-corrected chi connectivity index (χ2v) is 6.64. The van der Waals surface area contributed by atoms with Crippen LogP contribution in [0.4, 0.5) is 0 Å². The monoisotopic (exact) mass is 290 g/mol. The molecule has 0 radical (unpaired) electrons. The Kier molecular flexibility index (Phi) is 4.20. The van der Waals surface area contributed by atoms with Crippen LogP contribution in [0.2, 0.25) is 0 Å². The van der Waals surface area contributed by atoms with Crippen LogP contribution in [0.15, 0.2) is 24.3 Å². The molecule has 0 unspecified atom stereocenters. The fourth-order valence-corrected chi connectivity index (χ4v) is 3.83. The molecule has 1 N–H and O–H groups in total. The summed E-state index contributed by atoms with van der Waals surface area (Å²) >= 11 is 0. The normalized spacial score (nSPS) is 30.3. The molecular weight excluding hydrogens is 264 g/mol. The van der Waals surface area contributed by atoms with Gasteiger partial charge in [-0.2, -0.15) is 0 Å². The molecule has 0 spiro atoms. The first kappa shape index (κ1) is 14.8. The molecule has 2 heterocycles. The fourth-order valence-electron chi connectivity index (χ4n) is 3.83. The number of piperazine rings is 1. The van der Waals surface area contributed by atoms with E-state index in [-0.39, 0.29) is 18.2 Å². The Morgan fingerprint density at radius 1 is 1.33 bits per heavy atom. The minimum atomic E-state index is 0.239. The van der Waals surface area contributed by atoms with Crippen LogP contribution in [0, 0.1) is 0 Å². The number of nitrogens with zero attached hydrogens (tertiary/aromatic N) is 2. The summed E-state index contributed by atoms with van der Waals surface area (Å²) in [6.45, 7) is 6.73. The van der Waals surface area contributed by atoms with Gasteiger partial charge in [-0.1, -0.05) is 12.1 Å². The molecule has 116 valence electrons. The van der Waals surface area contributed by atoms with Gasteiger partial charge in [0.15, 0.2) is 0 Å². The summed E-state index contributed by atoms with van der Waals surface area (Å²) in [5.41, 5.74) is 1.57. The maximum atomic E-state index is 9.74. The zero-order valence-corrected chi connectivity index (χ0v) is 13.1. The highest BCUT2D eigenvalue weighted by Gasteiger charge is 2.44. The van der Waals surface area contributed by atoms with E-state index < -0.39 is 0 Å². The van der Waals surface area contributed by atoms with Crippen LogP contribution in [0.25, 0.3) is 0 Å². The van der Waals surface area contributed by atoms with Gasteiger partial charge in [0, 0.05) is 31.2 Å². The first-order valence-electron chi connectivity index (χ1n) is 7.87. The van der Waals surface area contributed by atoms with Gasteiger partial charge >= 0.3 is 0 Å². The van der Waals surface area contributed by atoms with Crippen molar-refractivity contribution in [3.05, 3.63) is 29.8 Å². The molecule has 1 aromatic carbocycles. The predicted octanol–water partition coefficient (Wildman–Crippen LogP) is 1.73. The zero-order valence-electron chi connectivity index (χ0n) is 13.1. The second kappa shape index (κ2) is 5.95. The minimum absolute atomic E-state index is 0.239. The molecule has 4 nitrogen and oxygen atoms in total. The standard InChI is InChI=1S/C17H26N2O2/c1-17-8-3-9-19(17)11-15(12-20)18(13-17)10-14-4-6-16(21-2)7-5-14/h4-7,15,20H,3,8-13H2,1-2H3/t15-,17-/m0/s1. The van der Waals surface area contributed by atoms with Crippen LogP contribution in [0.3, 0.4) is 0 Å². The molecule has 4 heteroatoms. The van der Waals surface area contributed by atoms with Gasteiger partial charge in [0.2, 0.25) is 0 Å². The summed E-state index contributed by atoms with van der Waals surface area (Å²) in [6.07, 6.45) is 2.55. The zero-order chi connectivity index (χ0) is 14.9. The lowest BCUT2D eigenvalue weighted by Gasteiger charge is -2.49. The number of fused-ring (bicyclic) bond motifs is 1. The van der Waals surface area contributed by atoms with Crippen molar-refractivity contribution in [2.45, 2.75) is 37.9 Å². The molecular formula is C17H26N2O2. The molecule has 2 saturated heterocycles. The first-order chi connectivity index (χ1) is 10.1. The summed E-state index contributed by atoms with van der Waals surface area (Å²) in [4.78, 5) is 5.02. The second-order valence-electron chi connectivity index (χ2n) is 6.64. The van der Waals surface area contributed by atoms with Gasteiger partial charge in [0.05, 0.1) is 13.7 Å². The van der Waals surface area contributed by atoms with Crippen molar-refractivity contribution in [1.29, 1.82) is 0 Å². The quantitative estimate of drug-likeness (QED) is 0.916. The van der Waals surface area contributed by atoms with Crippen LogP contribution >= 0.6 is 0 Å². The topological polar surface area (TPSA) is 35.9 Å². The van der Waals surface area contributed by atoms with E-state index in [1.54, 1.807) is 7.11 Å². The van der Waals surface area contributed by atoms with Crippen molar-refractivity contribution in [2.24, 2.45) is 0 Å². The smallest absolute Gasteiger partial charge is 0.118 e. The van der Waals surface area contributed by atoms with Gasteiger partial charge in [-0.3, -0.25) is 9.80 Å². The number of hydrogen-bond acceptors (Lipinski definition) is 4. The van der Waals surface area contributed by atoms with Crippen molar-refractivity contribution in [2.75, 3.05) is 33.4 Å². The molecule has 2 atom stereocenters. The van der Waals surface area contributed by atoms with Gasteiger partial charge in [-0.25, -0.2) is 0 Å². The van der Waals surface area contributed by atoms with Gasteiger partial charge in [0.1, 0.15) is 5.75 Å². The van der Waals surface area contributed by atoms with E-state index in [1.165, 1.54) is 24.9 Å². The Morgan fingerprint density at radius 2 is 2.10 bits per heavy atom. The maximum absolute atomic E-state index is 9.74. The lowest BCUT2D eigenvalue weighted by atomic mass is 9.93. The first-order valence-corrected chi connectivity index (χ1v) is 7.87. The van der Waals surface area contributed by atoms with E-state index in [9.17, 15) is 5.11 Å². The number of benzene rings is 1. The maximum Gasteiger partial charge on any atom is 0.118 e. The molecule has 2 fully saturated rings. The SMILES string of the molecule is COc1ccc(CN2C[C@]3(C)CCCN3C[C@H]2CO)cc1. The molecule has 2 aliphatic heterocycles. The predicted molar refractivity (Wildman–Crippen MR) is 83.5 cm³/mol. The number of hydrogen-bond donors (Lipinski definition) is 1. The van der Waals surface area contributed by atoms with Crippen LogP contribution in [-0.4, -0.2) is 59.8 Å². The minimum Gasteiger partial charge on any atom is -0.497 e. The van der Waals surface area contributed by atoms with Crippen LogP contribution in [-0.2, 0) is 6.54 Å². The summed E-state index contributed by atoms with van der Waals surface area (Å²) in [5, 5.41) is 9.74. The van der Waals surface area contributed by atoms with E-state index in [2.05, 4.69) is 28.9 Å². The molecule has 0 saturated carbocycles. The number of aliphatic hydroxyl groups excluding tert-OH is 1. The third-order valence-electron chi connectivity index (χ3n) is 5.15. The van der Waals surface area contributed by atoms with Gasteiger partial charge in [-0.15, -0.1) is 0 Å². The van der Waals surface area contributed by atoms with Crippen molar-refractivity contribution in [3.63, 3.8) is 0 Å². The Hall–Kier alpha value is -1.10. The lowest BCUT2D eigenvalue weighted by Crippen LogP contribution is -2.62. The third kappa shape index (κ3) is 2.93. The highest BCUT2D eigenvalue weighted by atomic mass is 16.5. The Morgan fingerprint density at radius 3 is 2.76 bits per heavy atom. The van der Waals surface area contributed by atoms with Crippen molar-refractivity contribution < 1.29 is 9.84 Å². The Bertz CT molecular complexity index is 476. The molecule has 0 amide bonds. The van der Waals surface area contributed by atoms with Gasteiger partial charge in [0.25, 0.3) is 0 Å². The van der Waals surface area contributed by atoms with Crippen LogP contribution in [0.5, 0.6) is 5.75 Å². The largest absolute Gasteiger partial charge is 0.497 e. The summed E-state index contributed by atoms with van der Waals surface area (Å²) < 4.78 is 5.21. The average molecular weight is 290 g/mol. The Balaban J connectivity index is 1.72. The highest BCUT2D eigenvalue weighted by Crippen LogP contribution is 2.34. The van der Waals surface area contributed by atoms with Gasteiger partial charge < -0.3 is 9.84 Å². The fraction of sp³-hybridized carbons (Fsp3) is 0.647. The number of ether oxygens (including phenoxy) is 1. The number of methoxy groups -OCH3 is 1. The van der Waals surface area contributed by atoms with Crippen LogP contribution < -0.4 is 4.74 Å². The molecule has 0 aliphatic carbocycles. The van der Waals surface area contributed by atoms with Gasteiger partial charge in [-0.05, 0) is 44.0 Å². The summed E-state index contributed by atoms with van der Waals surface area (Å²) in [5.74, 6) is 0.894. The van der Waals surface area contributed by atoms with E-state index in [0.717, 1.165) is 25.4 Å². The highest BCUT2D eigenvalue weighted by molar-refractivity contribution is 5.27. The van der Waals surface area contributed by atoms with Crippen molar-refractivity contribution in [1.82, 2.24) is 9.80 Å². The summed E-state index contributed by atoms with van der Waals surface area (Å²) in [6, 6.07) is 8.51. The molecule has 0 bridgehead atoms. The van der Waals surface area contributed by atoms with Crippen LogP contribution in [0.1, 0.15) is 25.3 Å². The molecule has 1 aromatic rings. The van der Waals surface area contributed by atoms with E-state index in [4.69, 9.17) is 4.74 Å². The van der Waals surface area contributed by atoms with E-state index in [1.807, 2.05) is 12.1 Å².